The minimum atomic E-state index is -0.188. The lowest BCUT2D eigenvalue weighted by atomic mass is 9.78. The quantitative estimate of drug-likeness (QED) is 0.233. The van der Waals surface area contributed by atoms with Crippen molar-refractivity contribution < 1.29 is 19.1 Å². The van der Waals surface area contributed by atoms with Crippen LogP contribution in [0.25, 0.3) is 10.4 Å². The zero-order chi connectivity index (χ0) is 35.4. The number of amides is 2. The van der Waals surface area contributed by atoms with Crippen molar-refractivity contribution >= 4 is 29.2 Å². The van der Waals surface area contributed by atoms with Crippen molar-refractivity contribution in [2.24, 2.45) is 17.8 Å². The van der Waals surface area contributed by atoms with E-state index in [-0.39, 0.29) is 29.4 Å². The summed E-state index contributed by atoms with van der Waals surface area (Å²) < 4.78 is 11.5. The largest absolute Gasteiger partial charge is 0.496 e. The SMILES string of the molecule is COc1ccc(C2CCC(CN(C(=O)C3CCC(OC(=O)N4CCC(C)CC4)CC3)c3cc(-c4cnc(C(C)(C)C)s4)ccn3)CC2)cc1C. The fraction of sp³-hybridized carbons (Fsp3) is 0.610. The molecule has 3 aliphatic rings. The highest BCUT2D eigenvalue weighted by molar-refractivity contribution is 7.15. The number of pyridine rings is 1. The van der Waals surface area contributed by atoms with Crippen LogP contribution in [0.1, 0.15) is 114 Å². The Morgan fingerprint density at radius 1 is 0.940 bits per heavy atom. The van der Waals surface area contributed by atoms with Crippen LogP contribution < -0.4 is 9.64 Å². The number of piperidine rings is 1. The highest BCUT2D eigenvalue weighted by Crippen LogP contribution is 2.40. The Hall–Kier alpha value is -3.46. The molecule has 1 aromatic carbocycles. The average molecular weight is 701 g/mol. The van der Waals surface area contributed by atoms with Gasteiger partial charge in [-0.25, -0.2) is 14.8 Å². The van der Waals surface area contributed by atoms with Gasteiger partial charge < -0.3 is 14.4 Å². The molecule has 0 radical (unpaired) electrons. The second-order valence-electron chi connectivity index (χ2n) is 16.1. The minimum absolute atomic E-state index is 0.0242. The van der Waals surface area contributed by atoms with Gasteiger partial charge in [0.25, 0.3) is 0 Å². The molecule has 0 atom stereocenters. The van der Waals surface area contributed by atoms with E-state index in [1.165, 1.54) is 11.1 Å². The highest BCUT2D eigenvalue weighted by Gasteiger charge is 2.35. The molecule has 3 aromatic rings. The van der Waals surface area contributed by atoms with Gasteiger partial charge in [-0.2, -0.15) is 0 Å². The molecule has 0 unspecified atom stereocenters. The molecule has 0 N–H and O–H groups in total. The summed E-state index contributed by atoms with van der Waals surface area (Å²) in [7, 11) is 1.72. The van der Waals surface area contributed by atoms with E-state index in [4.69, 9.17) is 19.4 Å². The number of rotatable bonds is 8. The van der Waals surface area contributed by atoms with Gasteiger partial charge in [-0.15, -0.1) is 11.3 Å². The minimum Gasteiger partial charge on any atom is -0.496 e. The molecule has 0 bridgehead atoms. The Balaban J connectivity index is 1.15. The lowest BCUT2D eigenvalue weighted by Crippen LogP contribution is -2.43. The van der Waals surface area contributed by atoms with Crippen LogP contribution in [0, 0.1) is 24.7 Å². The number of benzene rings is 1. The third-order valence-electron chi connectivity index (χ3n) is 11.2. The zero-order valence-corrected chi connectivity index (χ0v) is 31.8. The van der Waals surface area contributed by atoms with Gasteiger partial charge in [0.15, 0.2) is 0 Å². The fourth-order valence-corrected chi connectivity index (χ4v) is 8.89. The van der Waals surface area contributed by atoms with Crippen LogP contribution in [0.2, 0.25) is 0 Å². The number of likely N-dealkylation sites (tertiary alicyclic amines) is 1. The van der Waals surface area contributed by atoms with Gasteiger partial charge in [0, 0.05) is 43.4 Å². The summed E-state index contributed by atoms with van der Waals surface area (Å²) in [4.78, 5) is 41.8. The van der Waals surface area contributed by atoms with E-state index in [2.05, 4.69) is 58.9 Å². The molecule has 0 spiro atoms. The number of methoxy groups -OCH3 is 1. The smallest absolute Gasteiger partial charge is 0.410 e. The molecule has 6 rings (SSSR count). The highest BCUT2D eigenvalue weighted by atomic mass is 32.1. The predicted molar refractivity (Wildman–Crippen MR) is 201 cm³/mol. The molecular weight excluding hydrogens is 645 g/mol. The van der Waals surface area contributed by atoms with E-state index in [9.17, 15) is 9.59 Å². The number of aromatic nitrogens is 2. The van der Waals surface area contributed by atoms with Crippen LogP contribution in [0.15, 0.2) is 42.7 Å². The number of nitrogens with zero attached hydrogens (tertiary/aromatic N) is 4. The van der Waals surface area contributed by atoms with E-state index in [1.54, 1.807) is 18.4 Å². The van der Waals surface area contributed by atoms with Crippen molar-refractivity contribution in [3.8, 4) is 16.2 Å². The number of carbonyl (C=O) groups excluding carboxylic acids is 2. The van der Waals surface area contributed by atoms with Gasteiger partial charge in [0.2, 0.25) is 5.91 Å². The normalized spacial score (nSPS) is 23.4. The number of hydrogen-bond donors (Lipinski definition) is 0. The van der Waals surface area contributed by atoms with Crippen LogP contribution in [-0.2, 0) is 14.9 Å². The first kappa shape index (κ1) is 36.3. The Bertz CT molecular complexity index is 1610. The van der Waals surface area contributed by atoms with Crippen LogP contribution in [0.5, 0.6) is 5.75 Å². The maximum Gasteiger partial charge on any atom is 0.410 e. The summed E-state index contributed by atoms with van der Waals surface area (Å²) in [5.41, 5.74) is 3.58. The molecule has 1 saturated heterocycles. The number of carbonyl (C=O) groups is 2. The van der Waals surface area contributed by atoms with Gasteiger partial charge >= 0.3 is 6.09 Å². The Kier molecular flexibility index (Phi) is 11.5. The standard InChI is InChI=1S/C41H56N4O4S/c1-27-18-21-44(22-19-27)40(47)49-34-14-11-31(12-15-34)38(46)45(37-24-33(17-20-42-37)36-25-43-39(50-36)41(3,4)5)26-29-7-9-30(10-8-29)32-13-16-35(48-6)28(2)23-32/h13,16-17,20,23-25,27,29-31,34H,7-12,14-15,18-19,21-22,26H2,1-6H3. The van der Waals surface area contributed by atoms with E-state index >= 15 is 0 Å². The summed E-state index contributed by atoms with van der Waals surface area (Å²) in [5.74, 6) is 3.28. The molecule has 2 aliphatic carbocycles. The van der Waals surface area contributed by atoms with Crippen LogP contribution in [-0.4, -0.2) is 59.7 Å². The van der Waals surface area contributed by atoms with Gasteiger partial charge in [0.05, 0.1) is 17.0 Å². The number of anilines is 1. The molecule has 2 amide bonds. The van der Waals surface area contributed by atoms with Crippen molar-refractivity contribution in [1.29, 1.82) is 0 Å². The number of thiazole rings is 1. The molecule has 3 fully saturated rings. The molecular formula is C41H56N4O4S. The van der Waals surface area contributed by atoms with Crippen molar-refractivity contribution in [1.82, 2.24) is 14.9 Å². The molecule has 1 aliphatic heterocycles. The van der Waals surface area contributed by atoms with E-state index in [0.717, 1.165) is 104 Å². The molecule has 2 saturated carbocycles. The second kappa shape index (κ2) is 15.8. The van der Waals surface area contributed by atoms with Gasteiger partial charge in [0.1, 0.15) is 17.7 Å². The first-order valence-electron chi connectivity index (χ1n) is 18.8. The summed E-state index contributed by atoms with van der Waals surface area (Å²) in [6, 6.07) is 10.7. The summed E-state index contributed by atoms with van der Waals surface area (Å²) in [6.07, 6.45) is 12.8. The molecule has 50 heavy (non-hydrogen) atoms. The fourth-order valence-electron chi connectivity index (χ4n) is 7.92. The van der Waals surface area contributed by atoms with Crippen molar-refractivity contribution in [3.05, 3.63) is 58.9 Å². The van der Waals surface area contributed by atoms with Crippen LogP contribution in [0.3, 0.4) is 0 Å². The monoisotopic (exact) mass is 700 g/mol. The maximum atomic E-state index is 14.5. The third-order valence-corrected chi connectivity index (χ3v) is 12.7. The topological polar surface area (TPSA) is 84.9 Å². The average Bonchev–Trinajstić information content (AvgIpc) is 3.63. The second-order valence-corrected chi connectivity index (χ2v) is 17.1. The first-order valence-corrected chi connectivity index (χ1v) is 19.6. The van der Waals surface area contributed by atoms with Crippen molar-refractivity contribution in [2.45, 2.75) is 116 Å². The lowest BCUT2D eigenvalue weighted by molar-refractivity contribution is -0.124. The van der Waals surface area contributed by atoms with Gasteiger partial charge in [-0.1, -0.05) is 39.8 Å². The summed E-state index contributed by atoms with van der Waals surface area (Å²) >= 11 is 1.71. The lowest BCUT2D eigenvalue weighted by Gasteiger charge is -2.36. The third kappa shape index (κ3) is 8.70. The summed E-state index contributed by atoms with van der Waals surface area (Å²) in [6.45, 7) is 13.1. The van der Waals surface area contributed by atoms with Gasteiger partial charge in [-0.05, 0) is 124 Å². The number of aryl methyl sites for hydroxylation is 1. The van der Waals surface area contributed by atoms with Crippen molar-refractivity contribution in [3.63, 3.8) is 0 Å². The van der Waals surface area contributed by atoms with Crippen molar-refractivity contribution in [2.75, 3.05) is 31.6 Å². The molecule has 270 valence electrons. The van der Waals surface area contributed by atoms with Crippen LogP contribution >= 0.6 is 11.3 Å². The summed E-state index contributed by atoms with van der Waals surface area (Å²) in [5, 5.41) is 1.09. The Morgan fingerprint density at radius 2 is 1.66 bits per heavy atom. The Labute approximate surface area is 303 Å². The molecule has 9 heteroatoms. The molecule has 2 aromatic heterocycles. The first-order chi connectivity index (χ1) is 24.0. The molecule has 3 heterocycles. The van der Waals surface area contributed by atoms with E-state index in [0.29, 0.717) is 24.3 Å². The number of ether oxygens (including phenoxy) is 2. The van der Waals surface area contributed by atoms with Crippen LogP contribution in [0.4, 0.5) is 10.6 Å². The molecule has 8 nitrogen and oxygen atoms in total. The predicted octanol–water partition coefficient (Wildman–Crippen LogP) is 9.55. The zero-order valence-electron chi connectivity index (χ0n) is 31.0. The maximum absolute atomic E-state index is 14.5. The van der Waals surface area contributed by atoms with Gasteiger partial charge in [-0.3, -0.25) is 9.69 Å². The Morgan fingerprint density at radius 3 is 2.30 bits per heavy atom. The number of hydrogen-bond acceptors (Lipinski definition) is 7. The van der Waals surface area contributed by atoms with E-state index in [1.807, 2.05) is 28.3 Å². The van der Waals surface area contributed by atoms with E-state index < -0.39 is 0 Å².